The van der Waals surface area contributed by atoms with E-state index in [1.165, 1.54) is 24.5 Å². The number of pyridine rings is 1. The first-order valence-electron chi connectivity index (χ1n) is 14.6. The molecule has 3 aromatic carbocycles. The van der Waals surface area contributed by atoms with Crippen LogP contribution in [0, 0.1) is 75.1 Å². The van der Waals surface area contributed by atoms with Crippen LogP contribution in [0.5, 0.6) is 5.88 Å². The minimum absolute atomic E-state index is 0. The summed E-state index contributed by atoms with van der Waals surface area (Å²) >= 11 is 0. The molecule has 0 bridgehead atoms. The molecule has 46 heavy (non-hydrogen) atoms. The van der Waals surface area contributed by atoms with E-state index in [0.29, 0.717) is 23.1 Å². The molecule has 1 aromatic heterocycles. The monoisotopic (exact) mass is 913 g/mol. The number of halogens is 1. The van der Waals surface area contributed by atoms with E-state index in [-0.39, 0.29) is 101 Å². The van der Waals surface area contributed by atoms with Crippen LogP contribution in [-0.2, 0) is 22.6 Å². The molecule has 1 fully saturated rings. The van der Waals surface area contributed by atoms with Crippen molar-refractivity contribution in [3.05, 3.63) is 130 Å². The molecular weight excluding hydrogens is 875 g/mol. The van der Waals surface area contributed by atoms with Gasteiger partial charge < -0.3 is 14.3 Å². The van der Waals surface area contributed by atoms with Crippen LogP contribution in [-0.4, -0.2) is 24.0 Å². The predicted octanol–water partition coefficient (Wildman–Crippen LogP) is 5.52. The summed E-state index contributed by atoms with van der Waals surface area (Å²) in [7, 11) is 0. The number of nitrogens with zero attached hydrogens (tertiary/aromatic N) is 2. The van der Waals surface area contributed by atoms with Crippen LogP contribution in [0.15, 0.2) is 78.9 Å². The first-order chi connectivity index (χ1) is 21.1. The summed E-state index contributed by atoms with van der Waals surface area (Å²) in [6.07, 6.45) is 5.74. The summed E-state index contributed by atoms with van der Waals surface area (Å²) in [6, 6.07) is 24.6. The van der Waals surface area contributed by atoms with E-state index in [9.17, 15) is 9.18 Å². The minimum atomic E-state index is -0.464. The number of rotatable bonds is 8. The fourth-order valence-corrected chi connectivity index (χ4v) is 4.30. The molecule has 0 aliphatic carbocycles. The summed E-state index contributed by atoms with van der Waals surface area (Å²) in [5.74, 6) is -0.0552. The van der Waals surface area contributed by atoms with E-state index in [1.54, 1.807) is 24.3 Å². The van der Waals surface area contributed by atoms with E-state index in [2.05, 4.69) is 30.6 Å². The number of hydrogen-bond donors (Lipinski definition) is 0. The Hall–Kier alpha value is -1.74. The van der Waals surface area contributed by atoms with Gasteiger partial charge in [-0.3, -0.25) is 0 Å². The van der Waals surface area contributed by atoms with Crippen LogP contribution in [0.3, 0.4) is 0 Å². The average molecular weight is 914 g/mol. The van der Waals surface area contributed by atoms with Gasteiger partial charge in [-0.05, 0) is 51.3 Å². The van der Waals surface area contributed by atoms with Crippen LogP contribution >= 0.6 is 0 Å². The van der Waals surface area contributed by atoms with E-state index < -0.39 is 5.82 Å². The summed E-state index contributed by atoms with van der Waals surface area (Å²) < 4.78 is 24.8. The van der Waals surface area contributed by atoms with Crippen molar-refractivity contribution < 1.29 is 108 Å². The van der Waals surface area contributed by atoms with E-state index in [1.807, 2.05) is 70.4 Å². The van der Waals surface area contributed by atoms with Gasteiger partial charge in [0.2, 0.25) is 5.88 Å². The fraction of sp³-hybridized carbons (Fsp3) is 0.289. The van der Waals surface area contributed by atoms with Crippen molar-refractivity contribution in [2.45, 2.75) is 66.6 Å². The second kappa shape index (κ2) is 22.0. The van der Waals surface area contributed by atoms with Crippen LogP contribution in [0.25, 0.3) is 11.3 Å². The maximum Gasteiger partial charge on any atom is 1.00 e. The van der Waals surface area contributed by atoms with Gasteiger partial charge >= 0.3 is 58.2 Å². The molecule has 0 saturated carbocycles. The van der Waals surface area contributed by atoms with Crippen LogP contribution in [0.2, 0.25) is 0 Å². The van der Waals surface area contributed by atoms with Crippen LogP contribution in [0.4, 0.5) is 4.39 Å². The fourth-order valence-electron chi connectivity index (χ4n) is 4.30. The Balaban J connectivity index is 0.000000482. The van der Waals surface area contributed by atoms with Crippen molar-refractivity contribution in [1.82, 2.24) is 4.98 Å². The van der Waals surface area contributed by atoms with Gasteiger partial charge in [0.1, 0.15) is 12.4 Å². The summed E-state index contributed by atoms with van der Waals surface area (Å²) in [6.45, 7) is 15.2. The number of benzene rings is 3. The van der Waals surface area contributed by atoms with E-state index in [4.69, 9.17) is 14.7 Å². The number of carbonyl (C=O) groups excluding carboxylic acids is 1. The van der Waals surface area contributed by atoms with Crippen molar-refractivity contribution >= 4 is 6.29 Å². The quantitative estimate of drug-likeness (QED) is 0.172. The van der Waals surface area contributed by atoms with Gasteiger partial charge in [-0.2, -0.15) is 52.3 Å². The Morgan fingerprint density at radius 1 is 1.13 bits per heavy atom. The summed E-state index contributed by atoms with van der Waals surface area (Å²) in [4.78, 5) is 14.7. The van der Waals surface area contributed by atoms with Gasteiger partial charge in [0, 0.05) is 55.0 Å². The van der Waals surface area contributed by atoms with E-state index in [0.717, 1.165) is 46.5 Å². The molecule has 8 heteroatoms. The first kappa shape index (κ1) is 42.3. The molecule has 0 spiro atoms. The largest absolute Gasteiger partial charge is 1.00 e. The molecule has 1 aliphatic heterocycles. The third-order valence-corrected chi connectivity index (χ3v) is 7.14. The third-order valence-electron chi connectivity index (χ3n) is 7.14. The van der Waals surface area contributed by atoms with Gasteiger partial charge in [-0.1, -0.05) is 50.6 Å². The number of allylic oxidation sites excluding steroid dienone is 1. The zero-order chi connectivity index (χ0) is 32.1. The molecule has 1 unspecified atom stereocenters. The molecule has 232 valence electrons. The molecular formula is C38H39FN2O3RbU-. The molecule has 1 atom stereocenters. The molecule has 5 nitrogen and oxygen atoms in total. The third kappa shape index (κ3) is 13.8. The zero-order valence-corrected chi connectivity index (χ0v) is 36.7. The van der Waals surface area contributed by atoms with Gasteiger partial charge in [0.15, 0.2) is 0 Å². The average Bonchev–Trinajstić information content (AvgIpc) is 2.98. The molecule has 4 aromatic rings. The smallest absolute Gasteiger partial charge is 0.473 e. The first-order valence-corrected chi connectivity index (χ1v) is 14.6. The van der Waals surface area contributed by atoms with Crippen molar-refractivity contribution in [2.24, 2.45) is 0 Å². The van der Waals surface area contributed by atoms with Crippen LogP contribution < -0.4 is 62.9 Å². The second-order valence-electron chi connectivity index (χ2n) is 10.8. The van der Waals surface area contributed by atoms with Gasteiger partial charge in [0.05, 0.1) is 24.0 Å². The Morgan fingerprint density at radius 2 is 1.87 bits per heavy atom. The maximum absolute atomic E-state index is 14.0. The molecule has 5 rings (SSSR count). The van der Waals surface area contributed by atoms with E-state index >= 15 is 0 Å². The SMILES string of the molecule is C=C(C)Cc1[c-]cc(-c2cccc(OCc3ccc(C#N)cc3F)n2)c(C)c1.CCC1CCO1.Cc1ccc([C-]=O)cc1C.[Rb+].[U]. The molecule has 1 aliphatic rings. The molecule has 1 saturated heterocycles. The van der Waals surface area contributed by atoms with Crippen LogP contribution in [0.1, 0.15) is 65.6 Å². The zero-order valence-electron chi connectivity index (χ0n) is 27.7. The van der Waals surface area contributed by atoms with Gasteiger partial charge in [-0.15, -0.1) is 17.2 Å². The number of hydrogen-bond acceptors (Lipinski definition) is 5. The summed E-state index contributed by atoms with van der Waals surface area (Å²) in [5, 5.41) is 8.82. The number of nitriles is 1. The van der Waals surface area contributed by atoms with Gasteiger partial charge in [0.25, 0.3) is 0 Å². The number of ether oxygens (including phenoxy) is 2. The Labute approximate surface area is 346 Å². The number of aryl methyl sites for hydroxylation is 3. The Morgan fingerprint density at radius 3 is 2.39 bits per heavy atom. The Kier molecular flexibility index (Phi) is 20.2. The Bertz CT molecular complexity index is 1630. The minimum Gasteiger partial charge on any atom is -0.473 e. The maximum atomic E-state index is 14.0. The molecule has 0 amide bonds. The standard InChI is InChI=1S/C24H20FN2O.C9H9O.C5H10O.Rb.U/c1-16(2)11-18-8-10-21(17(3)12-18)23-5-4-6-24(27-23)28-15-20-9-7-19(14-26)13-22(20)25;1-7-3-4-9(6-10)5-8(7)2;1-2-5-3-4-6-5;;/h4-7,9-10,12-13H,1,11,15H2,2-3H3;3-5H,1-2H3;5H,2-4H2,1H3;;/q2*-1;;+1;. The predicted molar refractivity (Wildman–Crippen MR) is 173 cm³/mol. The van der Waals surface area contributed by atoms with Crippen molar-refractivity contribution in [2.75, 3.05) is 6.61 Å². The van der Waals surface area contributed by atoms with Crippen molar-refractivity contribution in [1.29, 1.82) is 5.26 Å². The van der Waals surface area contributed by atoms with Crippen molar-refractivity contribution in [3.8, 4) is 23.2 Å². The second-order valence-corrected chi connectivity index (χ2v) is 10.8. The van der Waals surface area contributed by atoms with Crippen molar-refractivity contribution in [3.63, 3.8) is 0 Å². The molecule has 2 heterocycles. The van der Waals surface area contributed by atoms with Gasteiger partial charge in [-0.25, -0.2) is 9.37 Å². The molecule has 0 radical (unpaired) electrons. The molecule has 0 N–H and O–H groups in total. The normalized spacial score (nSPS) is 12.6. The summed E-state index contributed by atoms with van der Waals surface area (Å²) in [5.41, 5.74) is 8.65. The topological polar surface area (TPSA) is 72.2 Å². The number of aromatic nitrogens is 1.